The second-order valence-electron chi connectivity index (χ2n) is 6.86. The topological polar surface area (TPSA) is 35.6 Å². The SMILES string of the molecule is CCC(C)N1CCN(C(=O)C2NCC3CCCC32)CC1. The zero-order chi connectivity index (χ0) is 14.1. The largest absolute Gasteiger partial charge is 0.339 e. The summed E-state index contributed by atoms with van der Waals surface area (Å²) in [5.74, 6) is 1.77. The minimum Gasteiger partial charge on any atom is -0.339 e. The third-order valence-electron chi connectivity index (χ3n) is 5.85. The van der Waals surface area contributed by atoms with Gasteiger partial charge in [0, 0.05) is 32.2 Å². The molecule has 2 heterocycles. The fraction of sp³-hybridized carbons (Fsp3) is 0.938. The van der Waals surface area contributed by atoms with Gasteiger partial charge in [-0.2, -0.15) is 0 Å². The van der Waals surface area contributed by atoms with E-state index in [1.54, 1.807) is 0 Å². The smallest absolute Gasteiger partial charge is 0.240 e. The molecule has 4 heteroatoms. The molecule has 1 saturated carbocycles. The van der Waals surface area contributed by atoms with Gasteiger partial charge in [-0.3, -0.25) is 9.69 Å². The first kappa shape index (κ1) is 14.3. The number of carbonyl (C=O) groups excluding carboxylic acids is 1. The van der Waals surface area contributed by atoms with Crippen LogP contribution < -0.4 is 5.32 Å². The van der Waals surface area contributed by atoms with Crippen LogP contribution in [-0.4, -0.2) is 60.5 Å². The van der Waals surface area contributed by atoms with E-state index in [9.17, 15) is 4.79 Å². The molecule has 0 aromatic rings. The minimum atomic E-state index is 0.123. The Hall–Kier alpha value is -0.610. The number of hydrogen-bond donors (Lipinski definition) is 1. The lowest BCUT2D eigenvalue weighted by Crippen LogP contribution is -2.55. The van der Waals surface area contributed by atoms with Gasteiger partial charge >= 0.3 is 0 Å². The molecule has 3 rings (SSSR count). The van der Waals surface area contributed by atoms with Crippen LogP contribution in [0, 0.1) is 11.8 Å². The maximum atomic E-state index is 12.7. The molecule has 4 atom stereocenters. The first-order valence-electron chi connectivity index (χ1n) is 8.47. The summed E-state index contributed by atoms with van der Waals surface area (Å²) in [5, 5.41) is 3.50. The number of fused-ring (bicyclic) bond motifs is 1. The highest BCUT2D eigenvalue weighted by Gasteiger charge is 2.44. The molecule has 4 unspecified atom stereocenters. The Balaban J connectivity index is 1.54. The molecule has 3 aliphatic rings. The van der Waals surface area contributed by atoms with Crippen LogP contribution in [0.2, 0.25) is 0 Å². The Morgan fingerprint density at radius 2 is 2.00 bits per heavy atom. The summed E-state index contributed by atoms with van der Waals surface area (Å²) in [6.45, 7) is 9.51. The van der Waals surface area contributed by atoms with Gasteiger partial charge in [-0.1, -0.05) is 13.3 Å². The number of nitrogens with zero attached hydrogens (tertiary/aromatic N) is 2. The fourth-order valence-electron chi connectivity index (χ4n) is 4.30. The molecule has 1 aliphatic carbocycles. The highest BCUT2D eigenvalue weighted by Crippen LogP contribution is 2.38. The van der Waals surface area contributed by atoms with Gasteiger partial charge < -0.3 is 10.2 Å². The summed E-state index contributed by atoms with van der Waals surface area (Å²) < 4.78 is 0. The Labute approximate surface area is 122 Å². The summed E-state index contributed by atoms with van der Waals surface area (Å²) in [6.07, 6.45) is 5.09. The van der Waals surface area contributed by atoms with Gasteiger partial charge in [-0.15, -0.1) is 0 Å². The Bertz CT molecular complexity index is 352. The predicted molar refractivity (Wildman–Crippen MR) is 80.5 cm³/mol. The predicted octanol–water partition coefficient (Wildman–Crippen LogP) is 1.32. The Morgan fingerprint density at radius 1 is 1.25 bits per heavy atom. The van der Waals surface area contributed by atoms with Crippen molar-refractivity contribution < 1.29 is 4.79 Å². The van der Waals surface area contributed by atoms with Crippen molar-refractivity contribution in [2.45, 2.75) is 51.6 Å². The average molecular weight is 279 g/mol. The van der Waals surface area contributed by atoms with Crippen molar-refractivity contribution in [1.82, 2.24) is 15.1 Å². The van der Waals surface area contributed by atoms with Gasteiger partial charge in [-0.25, -0.2) is 0 Å². The highest BCUT2D eigenvalue weighted by atomic mass is 16.2. The third kappa shape index (κ3) is 2.60. The van der Waals surface area contributed by atoms with E-state index in [0.29, 0.717) is 17.9 Å². The van der Waals surface area contributed by atoms with Crippen LogP contribution in [-0.2, 0) is 4.79 Å². The maximum absolute atomic E-state index is 12.7. The summed E-state index contributed by atoms with van der Waals surface area (Å²) in [5.41, 5.74) is 0. The molecule has 4 nitrogen and oxygen atoms in total. The zero-order valence-electron chi connectivity index (χ0n) is 13.0. The van der Waals surface area contributed by atoms with Crippen molar-refractivity contribution in [2.24, 2.45) is 11.8 Å². The first-order valence-corrected chi connectivity index (χ1v) is 8.47. The summed E-state index contributed by atoms with van der Waals surface area (Å²) in [7, 11) is 0. The molecule has 1 amide bonds. The maximum Gasteiger partial charge on any atom is 0.240 e. The third-order valence-corrected chi connectivity index (χ3v) is 5.85. The van der Waals surface area contributed by atoms with Gasteiger partial charge in [-0.05, 0) is 44.6 Å². The number of nitrogens with one attached hydrogen (secondary N) is 1. The van der Waals surface area contributed by atoms with Crippen LogP contribution in [0.1, 0.15) is 39.5 Å². The molecule has 0 aromatic carbocycles. The Kier molecular flexibility index (Phi) is 4.32. The Morgan fingerprint density at radius 3 is 2.70 bits per heavy atom. The molecular weight excluding hydrogens is 250 g/mol. The number of carbonyl (C=O) groups is 1. The number of amides is 1. The molecule has 2 saturated heterocycles. The summed E-state index contributed by atoms with van der Waals surface area (Å²) >= 11 is 0. The van der Waals surface area contributed by atoms with Crippen molar-refractivity contribution in [3.05, 3.63) is 0 Å². The van der Waals surface area contributed by atoms with E-state index in [1.165, 1.54) is 25.7 Å². The zero-order valence-corrected chi connectivity index (χ0v) is 13.0. The van der Waals surface area contributed by atoms with Crippen molar-refractivity contribution in [3.63, 3.8) is 0 Å². The molecule has 0 spiro atoms. The van der Waals surface area contributed by atoms with Gasteiger partial charge in [0.25, 0.3) is 0 Å². The van der Waals surface area contributed by atoms with Gasteiger partial charge in [0.1, 0.15) is 0 Å². The second-order valence-corrected chi connectivity index (χ2v) is 6.86. The molecule has 114 valence electrons. The molecule has 20 heavy (non-hydrogen) atoms. The lowest BCUT2D eigenvalue weighted by Gasteiger charge is -2.39. The van der Waals surface area contributed by atoms with E-state index < -0.39 is 0 Å². The van der Waals surface area contributed by atoms with Crippen molar-refractivity contribution >= 4 is 5.91 Å². The number of rotatable bonds is 3. The van der Waals surface area contributed by atoms with E-state index in [-0.39, 0.29) is 6.04 Å². The molecule has 2 aliphatic heterocycles. The van der Waals surface area contributed by atoms with Crippen LogP contribution in [0.5, 0.6) is 0 Å². The number of hydrogen-bond acceptors (Lipinski definition) is 3. The first-order chi connectivity index (χ1) is 9.70. The highest BCUT2D eigenvalue weighted by molar-refractivity contribution is 5.83. The van der Waals surface area contributed by atoms with E-state index in [4.69, 9.17) is 0 Å². The van der Waals surface area contributed by atoms with Gasteiger partial charge in [0.05, 0.1) is 6.04 Å². The van der Waals surface area contributed by atoms with E-state index >= 15 is 0 Å². The number of piperazine rings is 1. The molecule has 0 bridgehead atoms. The van der Waals surface area contributed by atoms with Crippen LogP contribution in [0.25, 0.3) is 0 Å². The van der Waals surface area contributed by atoms with E-state index in [0.717, 1.165) is 38.6 Å². The molecule has 0 radical (unpaired) electrons. The normalized spacial score (nSPS) is 36.1. The minimum absolute atomic E-state index is 0.123. The van der Waals surface area contributed by atoms with Crippen molar-refractivity contribution in [3.8, 4) is 0 Å². The van der Waals surface area contributed by atoms with Gasteiger partial charge in [0.15, 0.2) is 0 Å². The quantitative estimate of drug-likeness (QED) is 0.846. The summed E-state index contributed by atoms with van der Waals surface area (Å²) in [4.78, 5) is 17.4. The van der Waals surface area contributed by atoms with Crippen LogP contribution in [0.3, 0.4) is 0 Å². The average Bonchev–Trinajstić information content (AvgIpc) is 3.08. The van der Waals surface area contributed by atoms with Crippen LogP contribution in [0.4, 0.5) is 0 Å². The lowest BCUT2D eigenvalue weighted by molar-refractivity contribution is -0.136. The molecule has 0 aromatic heterocycles. The van der Waals surface area contributed by atoms with Crippen LogP contribution in [0.15, 0.2) is 0 Å². The van der Waals surface area contributed by atoms with E-state index in [2.05, 4.69) is 29.0 Å². The summed E-state index contributed by atoms with van der Waals surface area (Å²) in [6, 6.07) is 0.772. The van der Waals surface area contributed by atoms with Gasteiger partial charge in [0.2, 0.25) is 5.91 Å². The second kappa shape index (κ2) is 6.02. The standard InChI is InChI=1S/C16H29N3O/c1-3-12(2)18-7-9-19(10-8-18)16(20)15-14-6-4-5-13(14)11-17-15/h12-15,17H,3-11H2,1-2H3. The van der Waals surface area contributed by atoms with Crippen molar-refractivity contribution in [1.29, 1.82) is 0 Å². The molecular formula is C16H29N3O. The van der Waals surface area contributed by atoms with Crippen LogP contribution >= 0.6 is 0 Å². The monoisotopic (exact) mass is 279 g/mol. The molecule has 1 N–H and O–H groups in total. The lowest BCUT2D eigenvalue weighted by atomic mass is 9.93. The molecule has 3 fully saturated rings. The van der Waals surface area contributed by atoms with E-state index in [1.807, 2.05) is 0 Å². The fourth-order valence-corrected chi connectivity index (χ4v) is 4.30. The van der Waals surface area contributed by atoms with Crippen molar-refractivity contribution in [2.75, 3.05) is 32.7 Å².